The number of nitrogens with zero attached hydrogens (tertiary/aromatic N) is 2. The number of oxazole rings is 1. The number of halogens is 2. The SMILES string of the molecule is Cl.NCC1CCCCN1Cc1coc(-c2ccc(Cl)cc2)n1. The average molecular weight is 342 g/mol. The molecule has 1 aromatic carbocycles. The highest BCUT2D eigenvalue weighted by atomic mass is 35.5. The van der Waals surface area contributed by atoms with E-state index in [9.17, 15) is 0 Å². The highest BCUT2D eigenvalue weighted by Gasteiger charge is 2.22. The molecule has 2 aromatic rings. The van der Waals surface area contributed by atoms with Crippen LogP contribution in [0.4, 0.5) is 0 Å². The molecule has 6 heteroatoms. The van der Waals surface area contributed by atoms with Gasteiger partial charge in [-0.25, -0.2) is 4.98 Å². The van der Waals surface area contributed by atoms with Crippen molar-refractivity contribution in [2.24, 2.45) is 5.73 Å². The summed E-state index contributed by atoms with van der Waals surface area (Å²) in [5, 5.41) is 0.713. The normalized spacial score (nSPS) is 18.9. The van der Waals surface area contributed by atoms with Crippen LogP contribution in [0.25, 0.3) is 11.5 Å². The van der Waals surface area contributed by atoms with Gasteiger partial charge < -0.3 is 10.2 Å². The van der Waals surface area contributed by atoms with E-state index in [0.29, 0.717) is 23.5 Å². The molecule has 0 amide bonds. The summed E-state index contributed by atoms with van der Waals surface area (Å²) in [5.41, 5.74) is 7.76. The Kier molecular flexibility index (Phi) is 6.26. The first-order valence-corrected chi connectivity index (χ1v) is 7.78. The average Bonchev–Trinajstić information content (AvgIpc) is 2.97. The molecule has 1 aliphatic rings. The molecule has 0 bridgehead atoms. The van der Waals surface area contributed by atoms with E-state index in [2.05, 4.69) is 9.88 Å². The fraction of sp³-hybridized carbons (Fsp3) is 0.438. The van der Waals surface area contributed by atoms with Gasteiger partial charge in [-0.1, -0.05) is 18.0 Å². The topological polar surface area (TPSA) is 55.3 Å². The Bertz CT molecular complexity index is 585. The molecule has 0 saturated carbocycles. The van der Waals surface area contributed by atoms with Crippen LogP contribution in [0.15, 0.2) is 34.9 Å². The van der Waals surface area contributed by atoms with Crippen LogP contribution >= 0.6 is 24.0 Å². The third-order valence-corrected chi connectivity index (χ3v) is 4.28. The number of piperidine rings is 1. The minimum atomic E-state index is 0. The van der Waals surface area contributed by atoms with E-state index in [4.69, 9.17) is 21.8 Å². The molecule has 1 saturated heterocycles. The Morgan fingerprint density at radius 1 is 1.27 bits per heavy atom. The zero-order chi connectivity index (χ0) is 14.7. The first-order chi connectivity index (χ1) is 10.3. The van der Waals surface area contributed by atoms with Crippen LogP contribution in [-0.4, -0.2) is 29.0 Å². The van der Waals surface area contributed by atoms with Crippen LogP contribution in [0.1, 0.15) is 25.0 Å². The van der Waals surface area contributed by atoms with Crippen LogP contribution in [0, 0.1) is 0 Å². The van der Waals surface area contributed by atoms with Gasteiger partial charge in [0.25, 0.3) is 0 Å². The molecule has 120 valence electrons. The molecule has 1 atom stereocenters. The summed E-state index contributed by atoms with van der Waals surface area (Å²) in [6, 6.07) is 7.99. The Morgan fingerprint density at radius 2 is 2.05 bits per heavy atom. The Balaban J connectivity index is 0.00000176. The lowest BCUT2D eigenvalue weighted by molar-refractivity contribution is 0.143. The standard InChI is InChI=1S/C16H20ClN3O.ClH/c17-13-6-4-12(5-7-13)16-19-14(11-21-16)10-20-8-2-1-3-15(20)9-18;/h4-7,11,15H,1-3,8-10,18H2;1H. The fourth-order valence-electron chi connectivity index (χ4n) is 2.85. The molecule has 0 spiro atoms. The van der Waals surface area contributed by atoms with E-state index in [-0.39, 0.29) is 12.4 Å². The number of aromatic nitrogens is 1. The summed E-state index contributed by atoms with van der Waals surface area (Å²) >= 11 is 5.90. The molecule has 4 nitrogen and oxygen atoms in total. The van der Waals surface area contributed by atoms with Gasteiger partial charge in [0.2, 0.25) is 5.89 Å². The fourth-order valence-corrected chi connectivity index (χ4v) is 2.97. The summed E-state index contributed by atoms with van der Waals surface area (Å²) in [7, 11) is 0. The largest absolute Gasteiger partial charge is 0.444 e. The lowest BCUT2D eigenvalue weighted by atomic mass is 10.0. The summed E-state index contributed by atoms with van der Waals surface area (Å²) < 4.78 is 5.59. The van der Waals surface area contributed by atoms with Crippen molar-refractivity contribution in [1.82, 2.24) is 9.88 Å². The van der Waals surface area contributed by atoms with Crippen molar-refractivity contribution in [3.63, 3.8) is 0 Å². The zero-order valence-corrected chi connectivity index (χ0v) is 13.9. The molecular formula is C16H21Cl2N3O. The lowest BCUT2D eigenvalue weighted by Crippen LogP contribution is -2.43. The Hall–Kier alpha value is -1.07. The monoisotopic (exact) mass is 341 g/mol. The van der Waals surface area contributed by atoms with E-state index < -0.39 is 0 Å². The van der Waals surface area contributed by atoms with Crippen molar-refractivity contribution in [2.45, 2.75) is 31.8 Å². The van der Waals surface area contributed by atoms with Crippen molar-refractivity contribution < 1.29 is 4.42 Å². The zero-order valence-electron chi connectivity index (χ0n) is 12.4. The summed E-state index contributed by atoms with van der Waals surface area (Å²) in [4.78, 5) is 6.99. The summed E-state index contributed by atoms with van der Waals surface area (Å²) in [5.74, 6) is 0.642. The van der Waals surface area contributed by atoms with Gasteiger partial charge in [0.15, 0.2) is 0 Å². The van der Waals surface area contributed by atoms with Gasteiger partial charge >= 0.3 is 0 Å². The maximum atomic E-state index is 5.90. The first-order valence-electron chi connectivity index (χ1n) is 7.41. The molecule has 1 aliphatic heterocycles. The van der Waals surface area contributed by atoms with E-state index in [0.717, 1.165) is 24.3 Å². The maximum absolute atomic E-state index is 5.90. The maximum Gasteiger partial charge on any atom is 0.226 e. The quantitative estimate of drug-likeness (QED) is 0.920. The lowest BCUT2D eigenvalue weighted by Gasteiger charge is -2.34. The number of nitrogens with two attached hydrogens (primary N) is 1. The number of hydrogen-bond donors (Lipinski definition) is 1. The van der Waals surface area contributed by atoms with Crippen LogP contribution in [-0.2, 0) is 6.54 Å². The number of rotatable bonds is 4. The minimum absolute atomic E-state index is 0. The van der Waals surface area contributed by atoms with Gasteiger partial charge in [-0.05, 0) is 43.7 Å². The van der Waals surface area contributed by atoms with Crippen molar-refractivity contribution >= 4 is 24.0 Å². The van der Waals surface area contributed by atoms with Crippen molar-refractivity contribution in [2.75, 3.05) is 13.1 Å². The molecule has 1 aromatic heterocycles. The number of likely N-dealkylation sites (tertiary alicyclic amines) is 1. The van der Waals surface area contributed by atoms with Gasteiger partial charge in [0.1, 0.15) is 6.26 Å². The van der Waals surface area contributed by atoms with Gasteiger partial charge in [-0.2, -0.15) is 0 Å². The second-order valence-electron chi connectivity index (χ2n) is 5.51. The number of hydrogen-bond acceptors (Lipinski definition) is 4. The highest BCUT2D eigenvalue weighted by Crippen LogP contribution is 2.23. The molecule has 0 aliphatic carbocycles. The second-order valence-corrected chi connectivity index (χ2v) is 5.94. The van der Waals surface area contributed by atoms with Crippen LogP contribution in [0.3, 0.4) is 0 Å². The first kappa shape index (κ1) is 17.3. The van der Waals surface area contributed by atoms with Gasteiger partial charge in [-0.3, -0.25) is 4.90 Å². The molecule has 2 N–H and O–H groups in total. The molecule has 3 rings (SSSR count). The van der Waals surface area contributed by atoms with Crippen molar-refractivity contribution in [1.29, 1.82) is 0 Å². The summed E-state index contributed by atoms with van der Waals surface area (Å²) in [6.07, 6.45) is 5.43. The van der Waals surface area contributed by atoms with E-state index in [1.165, 1.54) is 19.3 Å². The van der Waals surface area contributed by atoms with E-state index in [1.54, 1.807) is 6.26 Å². The molecular weight excluding hydrogens is 321 g/mol. The van der Waals surface area contributed by atoms with Crippen LogP contribution < -0.4 is 5.73 Å². The number of benzene rings is 1. The Labute approximate surface area is 142 Å². The molecule has 2 heterocycles. The van der Waals surface area contributed by atoms with Gasteiger partial charge in [0.05, 0.1) is 5.69 Å². The predicted molar refractivity (Wildman–Crippen MR) is 91.3 cm³/mol. The van der Waals surface area contributed by atoms with Crippen molar-refractivity contribution in [3.8, 4) is 11.5 Å². The predicted octanol–water partition coefficient (Wildman–Crippen LogP) is 3.73. The van der Waals surface area contributed by atoms with Crippen LogP contribution in [0.5, 0.6) is 0 Å². The molecule has 1 fully saturated rings. The van der Waals surface area contributed by atoms with Crippen LogP contribution in [0.2, 0.25) is 5.02 Å². The molecule has 1 unspecified atom stereocenters. The third kappa shape index (κ3) is 4.02. The van der Waals surface area contributed by atoms with Gasteiger partial charge in [-0.15, -0.1) is 12.4 Å². The minimum Gasteiger partial charge on any atom is -0.444 e. The second kappa shape index (κ2) is 7.97. The van der Waals surface area contributed by atoms with Crippen molar-refractivity contribution in [3.05, 3.63) is 41.2 Å². The molecule has 0 radical (unpaired) electrons. The Morgan fingerprint density at radius 3 is 2.77 bits per heavy atom. The third-order valence-electron chi connectivity index (χ3n) is 4.03. The smallest absolute Gasteiger partial charge is 0.226 e. The summed E-state index contributed by atoms with van der Waals surface area (Å²) in [6.45, 7) is 2.60. The van der Waals surface area contributed by atoms with E-state index >= 15 is 0 Å². The van der Waals surface area contributed by atoms with Gasteiger partial charge in [0, 0.05) is 29.7 Å². The highest BCUT2D eigenvalue weighted by molar-refractivity contribution is 6.30. The van der Waals surface area contributed by atoms with E-state index in [1.807, 2.05) is 24.3 Å². The molecule has 22 heavy (non-hydrogen) atoms.